The van der Waals surface area contributed by atoms with E-state index in [9.17, 15) is 18.0 Å². The van der Waals surface area contributed by atoms with E-state index in [4.69, 9.17) is 0 Å². The van der Waals surface area contributed by atoms with E-state index in [1.165, 1.54) is 42.5 Å². The van der Waals surface area contributed by atoms with Gasteiger partial charge in [-0.25, -0.2) is 4.68 Å². The van der Waals surface area contributed by atoms with Crippen molar-refractivity contribution >= 4 is 0 Å². The van der Waals surface area contributed by atoms with Crippen LogP contribution in [0.5, 0.6) is 0 Å². The number of hydrogen-bond acceptors (Lipinski definition) is 1. The first-order valence-corrected chi connectivity index (χ1v) is 11.4. The molecule has 6 heteroatoms. The third-order valence-electron chi connectivity index (χ3n) is 7.59. The van der Waals surface area contributed by atoms with Crippen molar-refractivity contribution in [2.75, 3.05) is 0 Å². The zero-order valence-electron chi connectivity index (χ0n) is 16.9. The van der Waals surface area contributed by atoms with Crippen LogP contribution in [0.2, 0.25) is 0 Å². The Bertz CT molecular complexity index is 996. The topological polar surface area (TPSA) is 37.8 Å². The maximum atomic E-state index is 13.7. The molecular formula is C24H27F3N2O. The van der Waals surface area contributed by atoms with E-state index in [1.807, 2.05) is 0 Å². The second-order valence-corrected chi connectivity index (χ2v) is 10.00. The monoisotopic (exact) mass is 416 g/mol. The lowest BCUT2D eigenvalue weighted by Gasteiger charge is -2.20. The summed E-state index contributed by atoms with van der Waals surface area (Å²) in [4.78, 5) is 13.7. The molecule has 0 amide bonds. The zero-order valence-corrected chi connectivity index (χ0v) is 16.9. The van der Waals surface area contributed by atoms with Crippen LogP contribution in [0, 0.1) is 23.7 Å². The van der Waals surface area contributed by atoms with Gasteiger partial charge < -0.3 is 0 Å². The molecule has 0 aliphatic heterocycles. The van der Waals surface area contributed by atoms with Gasteiger partial charge in [-0.2, -0.15) is 13.2 Å². The molecule has 6 rings (SSSR count). The van der Waals surface area contributed by atoms with E-state index in [1.54, 1.807) is 6.07 Å². The van der Waals surface area contributed by atoms with Crippen molar-refractivity contribution in [2.24, 2.45) is 23.7 Å². The highest BCUT2D eigenvalue weighted by Gasteiger charge is 2.50. The Labute approximate surface area is 173 Å². The minimum atomic E-state index is -4.50. The number of halogens is 3. The summed E-state index contributed by atoms with van der Waals surface area (Å²) in [7, 11) is 0. The number of hydrogen-bond donors (Lipinski definition) is 1. The van der Waals surface area contributed by atoms with Crippen LogP contribution in [0.15, 0.2) is 29.1 Å². The van der Waals surface area contributed by atoms with Crippen LogP contribution in [0.3, 0.4) is 0 Å². The average Bonchev–Trinajstić information content (AvgIpc) is 3.52. The average molecular weight is 416 g/mol. The number of aromatic nitrogens is 2. The normalized spacial score (nSPS) is 22.3. The first-order chi connectivity index (χ1) is 14.4. The highest BCUT2D eigenvalue weighted by Crippen LogP contribution is 2.59. The van der Waals surface area contributed by atoms with Crippen molar-refractivity contribution in [1.29, 1.82) is 0 Å². The molecule has 4 aliphatic rings. The summed E-state index contributed by atoms with van der Waals surface area (Å²) in [5.74, 6) is 2.77. The molecule has 1 aromatic carbocycles. The minimum Gasteiger partial charge on any atom is -0.294 e. The van der Waals surface area contributed by atoms with Crippen molar-refractivity contribution in [3.63, 3.8) is 0 Å². The summed E-state index contributed by atoms with van der Waals surface area (Å²) in [6, 6.07) is 5.45. The smallest absolute Gasteiger partial charge is 0.294 e. The predicted octanol–water partition coefficient (Wildman–Crippen LogP) is 5.99. The second-order valence-electron chi connectivity index (χ2n) is 10.00. The zero-order chi connectivity index (χ0) is 20.6. The number of alkyl halides is 3. The van der Waals surface area contributed by atoms with Gasteiger partial charge >= 0.3 is 6.18 Å². The van der Waals surface area contributed by atoms with Crippen LogP contribution in [-0.2, 0) is 6.18 Å². The number of nitrogens with zero attached hydrogens (tertiary/aromatic N) is 1. The van der Waals surface area contributed by atoms with Gasteiger partial charge in [0.1, 0.15) is 0 Å². The van der Waals surface area contributed by atoms with Gasteiger partial charge in [0.25, 0.3) is 5.56 Å². The van der Waals surface area contributed by atoms with Gasteiger partial charge in [0.15, 0.2) is 0 Å². The third-order valence-corrected chi connectivity index (χ3v) is 7.59. The van der Waals surface area contributed by atoms with Crippen LogP contribution < -0.4 is 5.56 Å². The lowest BCUT2D eigenvalue weighted by molar-refractivity contribution is -0.137. The summed E-state index contributed by atoms with van der Waals surface area (Å²) in [5, 5.41) is 3.27. The summed E-state index contributed by atoms with van der Waals surface area (Å²) in [6.07, 6.45) is 4.75. The Morgan fingerprint density at radius 3 is 1.83 bits per heavy atom. The van der Waals surface area contributed by atoms with Gasteiger partial charge in [0.2, 0.25) is 0 Å². The molecule has 0 bridgehead atoms. The van der Waals surface area contributed by atoms with Crippen LogP contribution >= 0.6 is 0 Å². The molecule has 0 unspecified atom stereocenters. The Balaban J connectivity index is 1.54. The number of rotatable bonds is 7. The number of para-hydroxylation sites is 1. The standard InChI is InChI=1S/C24H27F3N2O/c25-24(26,27)17-3-1-2-4-18(17)29-23(30)21(19(13-5-6-13)14-7-8-14)22(28-29)20(15-9-10-15)16-11-12-16/h1-4,13-16,19-20,28H,5-12H2. The fraction of sp³-hybridized carbons (Fsp3) is 0.625. The Hall–Kier alpha value is -1.98. The highest BCUT2D eigenvalue weighted by atomic mass is 19.4. The van der Waals surface area contributed by atoms with Gasteiger partial charge in [-0.1, -0.05) is 12.1 Å². The molecule has 0 atom stereocenters. The molecule has 0 saturated heterocycles. The maximum Gasteiger partial charge on any atom is 0.418 e. The largest absolute Gasteiger partial charge is 0.418 e. The first kappa shape index (κ1) is 18.8. The van der Waals surface area contributed by atoms with Crippen LogP contribution in [-0.4, -0.2) is 9.78 Å². The fourth-order valence-corrected chi connectivity index (χ4v) is 5.66. The molecule has 1 aromatic heterocycles. The van der Waals surface area contributed by atoms with Crippen LogP contribution in [0.25, 0.3) is 5.69 Å². The molecule has 2 aromatic rings. The van der Waals surface area contributed by atoms with Gasteiger partial charge in [0.05, 0.1) is 11.3 Å². The molecule has 160 valence electrons. The number of aromatic amines is 1. The fourth-order valence-electron chi connectivity index (χ4n) is 5.66. The number of H-pyrrole nitrogens is 1. The van der Waals surface area contributed by atoms with E-state index >= 15 is 0 Å². The van der Waals surface area contributed by atoms with Gasteiger partial charge in [-0.3, -0.25) is 9.89 Å². The van der Waals surface area contributed by atoms with E-state index in [2.05, 4.69) is 5.10 Å². The third kappa shape index (κ3) is 3.23. The van der Waals surface area contributed by atoms with Crippen molar-refractivity contribution in [2.45, 2.75) is 69.4 Å². The summed E-state index contributed by atoms with van der Waals surface area (Å²) >= 11 is 0. The molecule has 3 nitrogen and oxygen atoms in total. The van der Waals surface area contributed by atoms with Gasteiger partial charge in [-0.05, 0) is 93.1 Å². The van der Waals surface area contributed by atoms with Gasteiger partial charge in [-0.15, -0.1) is 0 Å². The molecule has 0 spiro atoms. The van der Waals surface area contributed by atoms with Crippen molar-refractivity contribution in [3.05, 3.63) is 51.4 Å². The van der Waals surface area contributed by atoms with Crippen LogP contribution in [0.1, 0.15) is 80.0 Å². The highest BCUT2D eigenvalue weighted by molar-refractivity contribution is 5.44. The molecule has 0 radical (unpaired) electrons. The predicted molar refractivity (Wildman–Crippen MR) is 108 cm³/mol. The molecule has 1 N–H and O–H groups in total. The van der Waals surface area contributed by atoms with E-state index in [0.717, 1.165) is 43.0 Å². The molecular weight excluding hydrogens is 389 g/mol. The second kappa shape index (κ2) is 6.51. The van der Waals surface area contributed by atoms with Crippen molar-refractivity contribution in [1.82, 2.24) is 9.78 Å². The Morgan fingerprint density at radius 1 is 0.833 bits per heavy atom. The van der Waals surface area contributed by atoms with E-state index in [-0.39, 0.29) is 17.2 Å². The lowest BCUT2D eigenvalue weighted by Crippen LogP contribution is -2.23. The van der Waals surface area contributed by atoms with Gasteiger partial charge in [0, 0.05) is 17.2 Å². The Morgan fingerprint density at radius 2 is 1.33 bits per heavy atom. The summed E-state index contributed by atoms with van der Waals surface area (Å²) in [5.41, 5.74) is 0.747. The number of benzene rings is 1. The molecule has 1 heterocycles. The molecule has 4 saturated carbocycles. The number of nitrogens with one attached hydrogen (secondary N) is 1. The minimum absolute atomic E-state index is 0.0711. The lowest BCUT2D eigenvalue weighted by atomic mass is 9.83. The molecule has 30 heavy (non-hydrogen) atoms. The quantitative estimate of drug-likeness (QED) is 0.591. The molecule has 4 aliphatic carbocycles. The summed E-state index contributed by atoms with van der Waals surface area (Å²) < 4.78 is 42.4. The summed E-state index contributed by atoms with van der Waals surface area (Å²) in [6.45, 7) is 0. The van der Waals surface area contributed by atoms with E-state index in [0.29, 0.717) is 29.6 Å². The SMILES string of the molecule is O=c1c(C(C2CC2)C2CC2)c(C(C2CC2)C2CC2)[nH]n1-c1ccccc1C(F)(F)F. The maximum absolute atomic E-state index is 13.7. The Kier molecular flexibility index (Phi) is 4.07. The van der Waals surface area contributed by atoms with E-state index < -0.39 is 11.7 Å². The van der Waals surface area contributed by atoms with Crippen molar-refractivity contribution in [3.8, 4) is 5.69 Å². The molecule has 4 fully saturated rings. The first-order valence-electron chi connectivity index (χ1n) is 11.4. The van der Waals surface area contributed by atoms with Crippen molar-refractivity contribution < 1.29 is 13.2 Å². The van der Waals surface area contributed by atoms with Crippen LogP contribution in [0.4, 0.5) is 13.2 Å².